The van der Waals surface area contributed by atoms with E-state index in [1.54, 1.807) is 6.20 Å². The quantitative estimate of drug-likeness (QED) is 0.829. The Hall–Kier alpha value is -2.22. The molecule has 8 heteroatoms. The number of likely N-dealkylation sites (N-methyl/N-ethyl adjacent to an activating group) is 1. The molecular formula is C17H27N5O3. The number of nitrogens with one attached hydrogen (secondary N) is 1. The number of hydrogen-bond acceptors (Lipinski definition) is 5. The Morgan fingerprint density at radius 3 is 2.56 bits per heavy atom. The zero-order valence-electron chi connectivity index (χ0n) is 15.5. The number of aromatic nitrogens is 3. The Morgan fingerprint density at radius 2 is 2.08 bits per heavy atom. The SMILES string of the molecule is C=C(C)c1cn([C@H](C(=O)N2C[C@H](O)C[C@H]2C(=O)NC)C(C)(C)C)nn1. The molecule has 2 amide bonds. The molecule has 2 heterocycles. The molecule has 138 valence electrons. The fourth-order valence-corrected chi connectivity index (χ4v) is 3.11. The number of nitrogens with zero attached hydrogens (tertiary/aromatic N) is 4. The van der Waals surface area contributed by atoms with E-state index in [1.165, 1.54) is 16.6 Å². The molecule has 0 radical (unpaired) electrons. The van der Waals surface area contributed by atoms with Crippen molar-refractivity contribution in [3.05, 3.63) is 18.5 Å². The molecule has 1 saturated heterocycles. The van der Waals surface area contributed by atoms with Gasteiger partial charge in [-0.1, -0.05) is 32.6 Å². The molecular weight excluding hydrogens is 322 g/mol. The van der Waals surface area contributed by atoms with Crippen molar-refractivity contribution in [3.63, 3.8) is 0 Å². The van der Waals surface area contributed by atoms with E-state index in [0.29, 0.717) is 5.69 Å². The smallest absolute Gasteiger partial charge is 0.248 e. The molecule has 0 saturated carbocycles. The lowest BCUT2D eigenvalue weighted by molar-refractivity contribution is -0.144. The second-order valence-corrected chi connectivity index (χ2v) is 7.64. The summed E-state index contributed by atoms with van der Waals surface area (Å²) in [6.45, 7) is 11.6. The molecule has 0 aromatic carbocycles. The van der Waals surface area contributed by atoms with Crippen molar-refractivity contribution in [1.29, 1.82) is 0 Å². The number of amides is 2. The van der Waals surface area contributed by atoms with Crippen molar-refractivity contribution in [1.82, 2.24) is 25.2 Å². The minimum absolute atomic E-state index is 0.130. The van der Waals surface area contributed by atoms with E-state index in [9.17, 15) is 14.7 Å². The highest BCUT2D eigenvalue weighted by molar-refractivity contribution is 5.90. The predicted octanol–water partition coefficient (Wildman–Crippen LogP) is 0.606. The number of carbonyl (C=O) groups excluding carboxylic acids is 2. The van der Waals surface area contributed by atoms with Gasteiger partial charge in [0.15, 0.2) is 0 Å². The first kappa shape index (κ1) is 19.1. The van der Waals surface area contributed by atoms with Crippen LogP contribution in [0, 0.1) is 5.41 Å². The molecule has 2 rings (SSSR count). The fraction of sp³-hybridized carbons (Fsp3) is 0.647. The molecule has 25 heavy (non-hydrogen) atoms. The third kappa shape index (κ3) is 3.89. The minimum Gasteiger partial charge on any atom is -0.391 e. The molecule has 0 bridgehead atoms. The van der Waals surface area contributed by atoms with Gasteiger partial charge in [-0.25, -0.2) is 4.68 Å². The fourth-order valence-electron chi connectivity index (χ4n) is 3.11. The Balaban J connectivity index is 2.38. The summed E-state index contributed by atoms with van der Waals surface area (Å²) < 4.78 is 1.53. The molecule has 1 aromatic rings. The van der Waals surface area contributed by atoms with E-state index in [2.05, 4.69) is 22.2 Å². The number of rotatable bonds is 4. The molecule has 3 atom stereocenters. The number of aliphatic hydroxyl groups is 1. The second kappa shape index (κ2) is 6.95. The maximum absolute atomic E-state index is 13.3. The first-order valence-electron chi connectivity index (χ1n) is 8.34. The van der Waals surface area contributed by atoms with Crippen LogP contribution in [0.4, 0.5) is 0 Å². The standard InChI is InChI=1S/C17H27N5O3/c1-10(2)12-9-22(20-19-12)14(17(3,4)5)16(25)21-8-11(23)7-13(21)15(24)18-6/h9,11,13-14,23H,1,7-8H2,2-6H3,(H,18,24)/t11-,13+,14-/m1/s1. The van der Waals surface area contributed by atoms with Crippen molar-refractivity contribution in [2.75, 3.05) is 13.6 Å². The summed E-state index contributed by atoms with van der Waals surface area (Å²) in [6.07, 6.45) is 1.21. The lowest BCUT2D eigenvalue weighted by Crippen LogP contribution is -2.49. The first-order valence-corrected chi connectivity index (χ1v) is 8.34. The molecule has 1 aromatic heterocycles. The van der Waals surface area contributed by atoms with E-state index in [4.69, 9.17) is 0 Å². The van der Waals surface area contributed by atoms with Crippen LogP contribution in [0.1, 0.15) is 45.9 Å². The van der Waals surface area contributed by atoms with Gasteiger partial charge in [0.05, 0.1) is 12.3 Å². The zero-order chi connectivity index (χ0) is 18.9. The highest BCUT2D eigenvalue weighted by Crippen LogP contribution is 2.34. The van der Waals surface area contributed by atoms with Gasteiger partial charge >= 0.3 is 0 Å². The van der Waals surface area contributed by atoms with Crippen molar-refractivity contribution in [2.24, 2.45) is 5.41 Å². The van der Waals surface area contributed by atoms with Crippen molar-refractivity contribution >= 4 is 17.4 Å². The Kier molecular flexibility index (Phi) is 5.31. The molecule has 0 unspecified atom stereocenters. The Morgan fingerprint density at radius 1 is 1.44 bits per heavy atom. The monoisotopic (exact) mass is 349 g/mol. The number of allylic oxidation sites excluding steroid dienone is 1. The molecule has 0 spiro atoms. The third-order valence-electron chi connectivity index (χ3n) is 4.38. The normalized spacial score (nSPS) is 21.9. The molecule has 1 fully saturated rings. The average molecular weight is 349 g/mol. The Labute approximate surface area is 147 Å². The van der Waals surface area contributed by atoms with Crippen LogP contribution in [-0.4, -0.2) is 62.6 Å². The van der Waals surface area contributed by atoms with E-state index >= 15 is 0 Å². The number of β-amino-alcohol motifs (C(OH)–C–C–N with tert-alkyl or cyclic N) is 1. The molecule has 2 N–H and O–H groups in total. The first-order chi connectivity index (χ1) is 11.6. The average Bonchev–Trinajstić information content (AvgIpc) is 3.12. The summed E-state index contributed by atoms with van der Waals surface area (Å²) in [6, 6.07) is -1.33. The molecule has 0 aliphatic carbocycles. The second-order valence-electron chi connectivity index (χ2n) is 7.64. The van der Waals surface area contributed by atoms with Gasteiger partial charge in [-0.2, -0.15) is 0 Å². The van der Waals surface area contributed by atoms with E-state index in [0.717, 1.165) is 5.57 Å². The maximum Gasteiger partial charge on any atom is 0.248 e. The van der Waals surface area contributed by atoms with Crippen LogP contribution in [0.3, 0.4) is 0 Å². The summed E-state index contributed by atoms with van der Waals surface area (Å²) in [5.74, 6) is -0.533. The highest BCUT2D eigenvalue weighted by Gasteiger charge is 2.44. The van der Waals surface area contributed by atoms with Crippen molar-refractivity contribution in [2.45, 2.75) is 52.3 Å². The third-order valence-corrected chi connectivity index (χ3v) is 4.38. The lowest BCUT2D eigenvalue weighted by Gasteiger charge is -2.34. The number of hydrogen-bond donors (Lipinski definition) is 2. The molecule has 8 nitrogen and oxygen atoms in total. The predicted molar refractivity (Wildman–Crippen MR) is 93.4 cm³/mol. The molecule has 1 aliphatic rings. The number of carbonyl (C=O) groups is 2. The van der Waals surface area contributed by atoms with Gasteiger partial charge in [-0.15, -0.1) is 5.10 Å². The van der Waals surface area contributed by atoms with Gasteiger partial charge in [0, 0.05) is 20.0 Å². The van der Waals surface area contributed by atoms with Gasteiger partial charge in [-0.05, 0) is 17.9 Å². The largest absolute Gasteiger partial charge is 0.391 e. The minimum atomic E-state index is -0.714. The maximum atomic E-state index is 13.3. The van der Waals surface area contributed by atoms with Gasteiger partial charge in [-0.3, -0.25) is 9.59 Å². The number of likely N-dealkylation sites (tertiary alicyclic amines) is 1. The van der Waals surface area contributed by atoms with Crippen LogP contribution in [0.25, 0.3) is 5.57 Å². The highest BCUT2D eigenvalue weighted by atomic mass is 16.3. The summed E-state index contributed by atoms with van der Waals surface area (Å²) in [5.41, 5.74) is 0.912. The van der Waals surface area contributed by atoms with Crippen molar-refractivity contribution in [3.8, 4) is 0 Å². The zero-order valence-corrected chi connectivity index (χ0v) is 15.5. The van der Waals surface area contributed by atoms with Gasteiger partial charge < -0.3 is 15.3 Å². The van der Waals surface area contributed by atoms with Crippen LogP contribution >= 0.6 is 0 Å². The van der Waals surface area contributed by atoms with E-state index < -0.39 is 23.6 Å². The number of aliphatic hydroxyl groups excluding tert-OH is 1. The van der Waals surface area contributed by atoms with Gasteiger partial charge in [0.25, 0.3) is 0 Å². The van der Waals surface area contributed by atoms with Crippen LogP contribution in [-0.2, 0) is 9.59 Å². The summed E-state index contributed by atoms with van der Waals surface area (Å²) in [5, 5.41) is 20.7. The lowest BCUT2D eigenvalue weighted by atomic mass is 9.85. The van der Waals surface area contributed by atoms with Gasteiger partial charge in [0.2, 0.25) is 11.8 Å². The molecule has 1 aliphatic heterocycles. The van der Waals surface area contributed by atoms with Crippen LogP contribution in [0.5, 0.6) is 0 Å². The van der Waals surface area contributed by atoms with Crippen LogP contribution < -0.4 is 5.32 Å². The topological polar surface area (TPSA) is 100 Å². The van der Waals surface area contributed by atoms with Crippen LogP contribution in [0.2, 0.25) is 0 Å². The van der Waals surface area contributed by atoms with Gasteiger partial charge in [0.1, 0.15) is 17.8 Å². The van der Waals surface area contributed by atoms with E-state index in [-0.39, 0.29) is 24.8 Å². The Bertz CT molecular complexity index is 676. The summed E-state index contributed by atoms with van der Waals surface area (Å²) in [7, 11) is 1.52. The van der Waals surface area contributed by atoms with Crippen molar-refractivity contribution < 1.29 is 14.7 Å². The van der Waals surface area contributed by atoms with E-state index in [1.807, 2.05) is 27.7 Å². The summed E-state index contributed by atoms with van der Waals surface area (Å²) in [4.78, 5) is 26.8. The van der Waals surface area contributed by atoms with Crippen LogP contribution in [0.15, 0.2) is 12.8 Å². The summed E-state index contributed by atoms with van der Waals surface area (Å²) >= 11 is 0.